The molecule has 1 fully saturated rings. The van der Waals surface area contributed by atoms with Crippen LogP contribution in [0.15, 0.2) is 60.2 Å². The maximum Gasteiger partial charge on any atom is 0.303 e. The average molecular weight is 423 g/mol. The van der Waals surface area contributed by atoms with Gasteiger partial charge in [0.1, 0.15) is 11.5 Å². The fourth-order valence-electron chi connectivity index (χ4n) is 3.73. The van der Waals surface area contributed by atoms with Crippen LogP contribution in [0.1, 0.15) is 42.9 Å². The van der Waals surface area contributed by atoms with Gasteiger partial charge in [0.25, 0.3) is 11.7 Å². The Labute approximate surface area is 180 Å². The second kappa shape index (κ2) is 9.93. The maximum atomic E-state index is 12.9. The molecule has 2 aromatic rings. The predicted molar refractivity (Wildman–Crippen MR) is 115 cm³/mol. The van der Waals surface area contributed by atoms with Gasteiger partial charge >= 0.3 is 5.97 Å². The number of rotatable bonds is 9. The lowest BCUT2D eigenvalue weighted by atomic mass is 9.95. The van der Waals surface area contributed by atoms with Gasteiger partial charge in [0.2, 0.25) is 0 Å². The lowest BCUT2D eigenvalue weighted by Crippen LogP contribution is -2.30. The van der Waals surface area contributed by atoms with E-state index in [9.17, 15) is 19.5 Å². The van der Waals surface area contributed by atoms with Gasteiger partial charge in [0.05, 0.1) is 18.7 Å². The average Bonchev–Trinajstić information content (AvgIpc) is 3.03. The molecule has 2 aromatic carbocycles. The summed E-state index contributed by atoms with van der Waals surface area (Å²) in [6, 6.07) is 15.0. The number of ether oxygens (including phenoxy) is 1. The Bertz CT molecular complexity index is 981. The zero-order chi connectivity index (χ0) is 22.4. The van der Waals surface area contributed by atoms with E-state index in [1.54, 1.807) is 24.3 Å². The molecule has 7 nitrogen and oxygen atoms in total. The van der Waals surface area contributed by atoms with Crippen molar-refractivity contribution >= 4 is 23.4 Å². The quantitative estimate of drug-likeness (QED) is 0.275. The van der Waals surface area contributed by atoms with Crippen molar-refractivity contribution in [2.45, 2.75) is 31.7 Å². The fraction of sp³-hybridized carbons (Fsp3) is 0.292. The number of hydrogen-bond acceptors (Lipinski definition) is 5. The van der Waals surface area contributed by atoms with Gasteiger partial charge in [-0.3, -0.25) is 14.4 Å². The molecule has 1 atom stereocenters. The molecule has 1 heterocycles. The third-order valence-corrected chi connectivity index (χ3v) is 5.31. The largest absolute Gasteiger partial charge is 0.507 e. The highest BCUT2D eigenvalue weighted by Crippen LogP contribution is 2.39. The van der Waals surface area contributed by atoms with Crippen molar-refractivity contribution in [2.75, 3.05) is 13.7 Å². The molecule has 0 radical (unpaired) electrons. The van der Waals surface area contributed by atoms with Crippen molar-refractivity contribution < 1.29 is 29.3 Å². The Hall–Kier alpha value is -3.61. The van der Waals surface area contributed by atoms with Crippen LogP contribution < -0.4 is 4.74 Å². The van der Waals surface area contributed by atoms with E-state index >= 15 is 0 Å². The number of carbonyl (C=O) groups excluding carboxylic acids is 2. The van der Waals surface area contributed by atoms with E-state index in [0.717, 1.165) is 5.56 Å². The monoisotopic (exact) mass is 423 g/mol. The minimum atomic E-state index is -0.857. The number of methoxy groups -OCH3 is 1. The third kappa shape index (κ3) is 4.94. The molecule has 0 spiro atoms. The van der Waals surface area contributed by atoms with Crippen molar-refractivity contribution in [1.29, 1.82) is 0 Å². The second-order valence-corrected chi connectivity index (χ2v) is 7.34. The summed E-state index contributed by atoms with van der Waals surface area (Å²) in [5, 5.41) is 19.7. The molecular weight excluding hydrogens is 398 g/mol. The molecule has 1 aliphatic rings. The van der Waals surface area contributed by atoms with Gasteiger partial charge in [-0.1, -0.05) is 36.8 Å². The number of ketones is 1. The number of carboxylic acid groups (broad SMARTS) is 1. The molecule has 1 aliphatic heterocycles. The molecule has 0 bridgehead atoms. The van der Waals surface area contributed by atoms with Gasteiger partial charge in [0, 0.05) is 18.5 Å². The molecule has 7 heteroatoms. The summed E-state index contributed by atoms with van der Waals surface area (Å²) >= 11 is 0. The van der Waals surface area contributed by atoms with Crippen molar-refractivity contribution in [3.63, 3.8) is 0 Å². The molecule has 1 unspecified atom stereocenters. The summed E-state index contributed by atoms with van der Waals surface area (Å²) in [6.45, 7) is 0.295. The summed E-state index contributed by atoms with van der Waals surface area (Å²) in [4.78, 5) is 37.9. The first-order valence-corrected chi connectivity index (χ1v) is 10.1. The van der Waals surface area contributed by atoms with Gasteiger partial charge in [-0.2, -0.15) is 0 Å². The molecule has 1 amide bonds. The number of aliphatic hydroxyl groups excluding tert-OH is 1. The normalized spacial score (nSPS) is 17.7. The number of carboxylic acids is 1. The minimum absolute atomic E-state index is 0.0481. The van der Waals surface area contributed by atoms with Gasteiger partial charge in [-0.05, 0) is 42.7 Å². The first-order valence-electron chi connectivity index (χ1n) is 10.1. The number of aliphatic hydroxyl groups is 1. The Morgan fingerprint density at radius 1 is 0.968 bits per heavy atom. The molecule has 2 N–H and O–H groups in total. The molecule has 31 heavy (non-hydrogen) atoms. The van der Waals surface area contributed by atoms with Crippen molar-refractivity contribution in [2.24, 2.45) is 0 Å². The van der Waals surface area contributed by atoms with Gasteiger partial charge in [-0.25, -0.2) is 0 Å². The first-order chi connectivity index (χ1) is 14.9. The SMILES string of the molecule is COc1ccc(C(O)=C2C(=O)C(=O)N(CCCCCC(=O)O)C2c2ccccc2)cc1. The van der Waals surface area contributed by atoms with Crippen molar-refractivity contribution in [1.82, 2.24) is 4.90 Å². The van der Waals surface area contributed by atoms with Gasteiger partial charge < -0.3 is 19.8 Å². The summed E-state index contributed by atoms with van der Waals surface area (Å²) in [6.07, 6.45) is 1.75. The lowest BCUT2D eigenvalue weighted by molar-refractivity contribution is -0.140. The van der Waals surface area contributed by atoms with Gasteiger partial charge in [-0.15, -0.1) is 0 Å². The summed E-state index contributed by atoms with van der Waals surface area (Å²) in [7, 11) is 1.53. The van der Waals surface area contributed by atoms with E-state index in [2.05, 4.69) is 0 Å². The van der Waals surface area contributed by atoms with E-state index in [-0.39, 0.29) is 17.8 Å². The number of aliphatic carboxylic acids is 1. The zero-order valence-electron chi connectivity index (χ0n) is 17.3. The summed E-state index contributed by atoms with van der Waals surface area (Å²) in [5.74, 6) is -1.87. The maximum absolute atomic E-state index is 12.9. The van der Waals surface area contributed by atoms with Gasteiger partial charge in [0.15, 0.2) is 0 Å². The summed E-state index contributed by atoms with van der Waals surface area (Å²) < 4.78 is 5.14. The minimum Gasteiger partial charge on any atom is -0.507 e. The van der Waals surface area contributed by atoms with Crippen LogP contribution in [-0.2, 0) is 14.4 Å². The van der Waals surface area contributed by atoms with Crippen LogP contribution in [0.3, 0.4) is 0 Å². The van der Waals surface area contributed by atoms with E-state index in [0.29, 0.717) is 37.1 Å². The standard InChI is InChI=1S/C24H25NO6/c1-31-18-13-11-17(12-14-18)22(28)20-21(16-8-4-2-5-9-16)25(24(30)23(20)29)15-7-3-6-10-19(26)27/h2,4-5,8-9,11-14,21,28H,3,6-7,10,15H2,1H3,(H,26,27). The molecular formula is C24H25NO6. The van der Waals surface area contributed by atoms with E-state index in [4.69, 9.17) is 9.84 Å². The van der Waals surface area contributed by atoms with E-state index < -0.39 is 23.7 Å². The molecule has 0 aliphatic carbocycles. The molecule has 162 valence electrons. The number of hydrogen-bond donors (Lipinski definition) is 2. The van der Waals surface area contributed by atoms with Crippen LogP contribution in [0, 0.1) is 0 Å². The zero-order valence-corrected chi connectivity index (χ0v) is 17.3. The van der Waals surface area contributed by atoms with Crippen LogP contribution in [0.4, 0.5) is 0 Å². The predicted octanol–water partition coefficient (Wildman–Crippen LogP) is 3.76. The Balaban J connectivity index is 1.94. The number of carbonyl (C=O) groups is 3. The van der Waals surface area contributed by atoms with Crippen LogP contribution in [0.5, 0.6) is 5.75 Å². The topological polar surface area (TPSA) is 104 Å². The number of benzene rings is 2. The van der Waals surface area contributed by atoms with Crippen LogP contribution >= 0.6 is 0 Å². The highest BCUT2D eigenvalue weighted by atomic mass is 16.5. The van der Waals surface area contributed by atoms with Crippen LogP contribution in [-0.4, -0.2) is 46.4 Å². The number of likely N-dealkylation sites (tertiary alicyclic amines) is 1. The van der Waals surface area contributed by atoms with Crippen LogP contribution in [0.2, 0.25) is 0 Å². The van der Waals surface area contributed by atoms with E-state index in [1.165, 1.54) is 12.0 Å². The number of nitrogens with zero attached hydrogens (tertiary/aromatic N) is 1. The molecule has 3 rings (SSSR count). The smallest absolute Gasteiger partial charge is 0.303 e. The Kier molecular flexibility index (Phi) is 7.07. The fourth-order valence-corrected chi connectivity index (χ4v) is 3.73. The lowest BCUT2D eigenvalue weighted by Gasteiger charge is -2.25. The molecule has 0 saturated carbocycles. The molecule has 0 aromatic heterocycles. The van der Waals surface area contributed by atoms with Crippen molar-refractivity contribution in [3.8, 4) is 5.75 Å². The number of unbranched alkanes of at least 4 members (excludes halogenated alkanes) is 2. The van der Waals surface area contributed by atoms with E-state index in [1.807, 2.05) is 30.3 Å². The second-order valence-electron chi connectivity index (χ2n) is 7.34. The Morgan fingerprint density at radius 3 is 2.26 bits per heavy atom. The first kappa shape index (κ1) is 22.1. The number of amides is 1. The summed E-state index contributed by atoms with van der Waals surface area (Å²) in [5.41, 5.74) is 1.19. The van der Waals surface area contributed by atoms with Crippen molar-refractivity contribution in [3.05, 3.63) is 71.3 Å². The third-order valence-electron chi connectivity index (χ3n) is 5.31. The highest BCUT2D eigenvalue weighted by molar-refractivity contribution is 6.46. The van der Waals surface area contributed by atoms with Crippen LogP contribution in [0.25, 0.3) is 5.76 Å². The Morgan fingerprint density at radius 2 is 1.65 bits per heavy atom. The highest BCUT2D eigenvalue weighted by Gasteiger charge is 2.45. The molecule has 1 saturated heterocycles. The number of Topliss-reactive ketones (excluding diaryl/α,β-unsaturated/α-hetero) is 1.